The molecule has 2 atom stereocenters. The first kappa shape index (κ1) is 12.0. The maximum atomic E-state index is 12.3. The largest absolute Gasteiger partial charge is 0.325 e. The Hall–Kier alpha value is -0.420. The van der Waals surface area contributed by atoms with Crippen molar-refractivity contribution < 1.29 is 9.00 Å². The molecule has 0 radical (unpaired) electrons. The zero-order chi connectivity index (χ0) is 11.8. The van der Waals surface area contributed by atoms with E-state index in [0.717, 1.165) is 25.7 Å². The number of carbonyl (C=O) groups excluding carboxylic acids is 1. The van der Waals surface area contributed by atoms with Crippen molar-refractivity contribution in [1.82, 2.24) is 10.2 Å². The summed E-state index contributed by atoms with van der Waals surface area (Å²) < 4.78 is 11.2. The van der Waals surface area contributed by atoms with E-state index in [9.17, 15) is 9.00 Å². The van der Waals surface area contributed by atoms with Crippen molar-refractivity contribution >= 4 is 16.7 Å². The average molecular weight is 244 g/mol. The molecule has 0 bridgehead atoms. The van der Waals surface area contributed by atoms with E-state index in [2.05, 4.69) is 5.32 Å². The summed E-state index contributed by atoms with van der Waals surface area (Å²) in [5.74, 6) is 0.798. The Morgan fingerprint density at radius 1 is 1.50 bits per heavy atom. The smallest absolute Gasteiger partial charge is 0.244 e. The third-order valence-corrected chi connectivity index (χ3v) is 4.67. The molecule has 5 heteroatoms. The van der Waals surface area contributed by atoms with Crippen LogP contribution in [0.1, 0.15) is 32.6 Å². The lowest BCUT2D eigenvalue weighted by Crippen LogP contribution is -2.46. The van der Waals surface area contributed by atoms with E-state index >= 15 is 0 Å². The van der Waals surface area contributed by atoms with Gasteiger partial charge in [-0.15, -0.1) is 0 Å². The molecule has 0 aromatic heterocycles. The molecule has 1 spiro atoms. The number of hydrogen-bond acceptors (Lipinski definition) is 3. The van der Waals surface area contributed by atoms with E-state index in [1.54, 1.807) is 6.26 Å². The van der Waals surface area contributed by atoms with E-state index in [1.165, 1.54) is 0 Å². The quantitative estimate of drug-likeness (QED) is 0.784. The minimum atomic E-state index is -0.841. The van der Waals surface area contributed by atoms with E-state index in [1.807, 2.05) is 11.8 Å². The van der Waals surface area contributed by atoms with Gasteiger partial charge >= 0.3 is 0 Å². The molecule has 2 fully saturated rings. The van der Waals surface area contributed by atoms with E-state index in [4.69, 9.17) is 0 Å². The zero-order valence-corrected chi connectivity index (χ0v) is 10.8. The molecule has 1 aliphatic carbocycles. The lowest BCUT2D eigenvalue weighted by molar-refractivity contribution is -0.133. The van der Waals surface area contributed by atoms with Gasteiger partial charge in [-0.1, -0.05) is 12.8 Å². The molecule has 1 amide bonds. The first-order valence-corrected chi connectivity index (χ1v) is 7.64. The zero-order valence-electron chi connectivity index (χ0n) is 9.99. The van der Waals surface area contributed by atoms with Crippen LogP contribution < -0.4 is 5.32 Å². The molecule has 1 aliphatic heterocycles. The first-order valence-electron chi connectivity index (χ1n) is 5.91. The molecular weight excluding hydrogens is 224 g/mol. The SMILES string of the molecule is CC(CS(C)=O)N1CNC2(CCCC2)C1=O. The number of rotatable bonds is 3. The van der Waals surface area contributed by atoms with Gasteiger partial charge < -0.3 is 4.90 Å². The number of hydrogen-bond donors (Lipinski definition) is 1. The Kier molecular flexibility index (Phi) is 3.35. The second kappa shape index (κ2) is 4.45. The first-order chi connectivity index (χ1) is 7.55. The van der Waals surface area contributed by atoms with Crippen molar-refractivity contribution in [2.75, 3.05) is 18.7 Å². The standard InChI is InChI=1S/C11H20N2O2S/c1-9(7-16(2)15)13-8-12-11(10(13)14)5-3-4-6-11/h9,12H,3-8H2,1-2H3. The molecule has 16 heavy (non-hydrogen) atoms. The molecule has 1 saturated carbocycles. The molecule has 4 nitrogen and oxygen atoms in total. The van der Waals surface area contributed by atoms with Crippen LogP contribution in [-0.4, -0.2) is 45.3 Å². The van der Waals surface area contributed by atoms with Crippen molar-refractivity contribution in [2.24, 2.45) is 0 Å². The summed E-state index contributed by atoms with van der Waals surface area (Å²) in [5.41, 5.74) is -0.274. The molecule has 0 aromatic carbocycles. The fraction of sp³-hybridized carbons (Fsp3) is 0.909. The van der Waals surface area contributed by atoms with Gasteiger partial charge in [-0.3, -0.25) is 14.3 Å². The minimum absolute atomic E-state index is 0.0748. The lowest BCUT2D eigenvalue weighted by atomic mass is 9.98. The highest BCUT2D eigenvalue weighted by Gasteiger charge is 2.48. The van der Waals surface area contributed by atoms with Gasteiger partial charge in [0, 0.05) is 28.9 Å². The maximum absolute atomic E-state index is 12.3. The monoisotopic (exact) mass is 244 g/mol. The molecule has 1 N–H and O–H groups in total. The fourth-order valence-electron chi connectivity index (χ4n) is 2.81. The highest BCUT2D eigenvalue weighted by atomic mass is 32.2. The van der Waals surface area contributed by atoms with Crippen molar-refractivity contribution in [3.63, 3.8) is 0 Å². The highest BCUT2D eigenvalue weighted by Crippen LogP contribution is 2.34. The predicted octanol–water partition coefficient (Wildman–Crippen LogP) is 0.456. The molecule has 2 unspecified atom stereocenters. The van der Waals surface area contributed by atoms with Gasteiger partial charge in [-0.2, -0.15) is 0 Å². The normalized spacial score (nSPS) is 27.6. The number of nitrogens with one attached hydrogen (secondary N) is 1. The Morgan fingerprint density at radius 2 is 2.12 bits per heavy atom. The van der Waals surface area contributed by atoms with Gasteiger partial charge in [-0.25, -0.2) is 0 Å². The van der Waals surface area contributed by atoms with Crippen LogP contribution in [0.15, 0.2) is 0 Å². The average Bonchev–Trinajstić information content (AvgIpc) is 2.77. The predicted molar refractivity (Wildman–Crippen MR) is 64.4 cm³/mol. The maximum Gasteiger partial charge on any atom is 0.244 e. The van der Waals surface area contributed by atoms with Crippen LogP contribution in [0.4, 0.5) is 0 Å². The Bertz CT molecular complexity index is 313. The van der Waals surface area contributed by atoms with Crippen LogP contribution >= 0.6 is 0 Å². The van der Waals surface area contributed by atoms with Crippen molar-refractivity contribution in [2.45, 2.75) is 44.2 Å². The van der Waals surface area contributed by atoms with Crippen LogP contribution in [0.3, 0.4) is 0 Å². The third kappa shape index (κ3) is 2.02. The van der Waals surface area contributed by atoms with Gasteiger partial charge in [0.25, 0.3) is 0 Å². The summed E-state index contributed by atoms with van der Waals surface area (Å²) in [6, 6.07) is 0.0748. The molecular formula is C11H20N2O2S. The summed E-state index contributed by atoms with van der Waals surface area (Å²) in [7, 11) is -0.841. The van der Waals surface area contributed by atoms with Crippen LogP contribution in [0.2, 0.25) is 0 Å². The molecule has 0 aromatic rings. The Balaban J connectivity index is 2.04. The van der Waals surface area contributed by atoms with Gasteiger partial charge in [0.1, 0.15) is 0 Å². The lowest BCUT2D eigenvalue weighted by Gasteiger charge is -2.25. The Morgan fingerprint density at radius 3 is 2.69 bits per heavy atom. The van der Waals surface area contributed by atoms with E-state index in [-0.39, 0.29) is 17.5 Å². The third-order valence-electron chi connectivity index (χ3n) is 3.72. The molecule has 1 saturated heterocycles. The van der Waals surface area contributed by atoms with Gasteiger partial charge in [-0.05, 0) is 19.8 Å². The topological polar surface area (TPSA) is 49.4 Å². The second-order valence-electron chi connectivity index (χ2n) is 4.99. The van der Waals surface area contributed by atoms with Crippen molar-refractivity contribution in [3.8, 4) is 0 Å². The Labute approximate surface area is 99.2 Å². The highest BCUT2D eigenvalue weighted by molar-refractivity contribution is 7.84. The minimum Gasteiger partial charge on any atom is -0.325 e. The summed E-state index contributed by atoms with van der Waals surface area (Å²) in [6.07, 6.45) is 5.89. The van der Waals surface area contributed by atoms with Crippen molar-refractivity contribution in [3.05, 3.63) is 0 Å². The molecule has 92 valence electrons. The number of amides is 1. The van der Waals surface area contributed by atoms with Gasteiger partial charge in [0.05, 0.1) is 12.2 Å². The summed E-state index contributed by atoms with van der Waals surface area (Å²) in [5, 5.41) is 3.36. The van der Waals surface area contributed by atoms with E-state index < -0.39 is 10.8 Å². The van der Waals surface area contributed by atoms with Crippen LogP contribution in [0, 0.1) is 0 Å². The number of nitrogens with zero attached hydrogens (tertiary/aromatic N) is 1. The summed E-state index contributed by atoms with van der Waals surface area (Å²) in [4.78, 5) is 14.2. The molecule has 1 heterocycles. The fourth-order valence-corrected chi connectivity index (χ4v) is 3.67. The second-order valence-corrected chi connectivity index (χ2v) is 6.47. The van der Waals surface area contributed by atoms with Gasteiger partial charge in [0.15, 0.2) is 0 Å². The van der Waals surface area contributed by atoms with Gasteiger partial charge in [0.2, 0.25) is 5.91 Å². The number of carbonyl (C=O) groups is 1. The summed E-state index contributed by atoms with van der Waals surface area (Å²) in [6.45, 7) is 2.60. The molecule has 2 aliphatic rings. The van der Waals surface area contributed by atoms with Crippen LogP contribution in [0.5, 0.6) is 0 Å². The summed E-state index contributed by atoms with van der Waals surface area (Å²) >= 11 is 0. The molecule has 2 rings (SSSR count). The van der Waals surface area contributed by atoms with Crippen molar-refractivity contribution in [1.29, 1.82) is 0 Å². The van der Waals surface area contributed by atoms with Crippen LogP contribution in [-0.2, 0) is 15.6 Å². The van der Waals surface area contributed by atoms with E-state index in [0.29, 0.717) is 12.4 Å². The van der Waals surface area contributed by atoms with Crippen LogP contribution in [0.25, 0.3) is 0 Å².